The van der Waals surface area contributed by atoms with Gasteiger partial charge in [0.15, 0.2) is 11.6 Å². The average Bonchev–Trinajstić information content (AvgIpc) is 3.49. The molecule has 0 unspecified atom stereocenters. The van der Waals surface area contributed by atoms with Crippen LogP contribution in [-0.2, 0) is 28.7 Å². The van der Waals surface area contributed by atoms with E-state index in [9.17, 15) is 18.0 Å². The first kappa shape index (κ1) is 32.3. The van der Waals surface area contributed by atoms with E-state index >= 15 is 4.39 Å². The van der Waals surface area contributed by atoms with E-state index in [0.717, 1.165) is 38.8 Å². The van der Waals surface area contributed by atoms with Gasteiger partial charge in [0, 0.05) is 32.8 Å². The number of halogens is 1. The Balaban J connectivity index is 1.42. The van der Waals surface area contributed by atoms with Crippen molar-refractivity contribution < 1.29 is 36.5 Å². The molecule has 1 aliphatic carbocycles. The van der Waals surface area contributed by atoms with Crippen molar-refractivity contribution in [2.75, 3.05) is 68.6 Å². The second kappa shape index (κ2) is 15.2. The molecule has 2 atom stereocenters. The molecule has 42 heavy (non-hydrogen) atoms. The van der Waals surface area contributed by atoms with Gasteiger partial charge in [0.05, 0.1) is 37.5 Å². The van der Waals surface area contributed by atoms with Crippen LogP contribution in [0.25, 0.3) is 0 Å². The quantitative estimate of drug-likeness (QED) is 0.143. The highest BCUT2D eigenvalue weighted by Crippen LogP contribution is 2.31. The van der Waals surface area contributed by atoms with Gasteiger partial charge in [-0.3, -0.25) is 25.3 Å². The summed E-state index contributed by atoms with van der Waals surface area (Å²) in [6.07, 6.45) is 4.95. The van der Waals surface area contributed by atoms with Crippen LogP contribution in [0, 0.1) is 24.6 Å². The third-order valence-electron chi connectivity index (χ3n) is 7.98. The van der Waals surface area contributed by atoms with Gasteiger partial charge in [-0.25, -0.2) is 15.0 Å². The molecule has 3 aliphatic rings. The molecule has 3 fully saturated rings. The summed E-state index contributed by atoms with van der Waals surface area (Å²) in [7, 11) is -4.10. The molecule has 0 spiro atoms. The molecule has 1 saturated carbocycles. The molecule has 16 heteroatoms. The van der Waals surface area contributed by atoms with Gasteiger partial charge in [-0.15, -0.1) is 4.28 Å². The SMILES string of the molecule is Cc1nc(NNC(=O)[C@@H](CC2CCCC2)CN(C=O)OS(=O)(=O)CCCCO)c(F)c(N2CCN3CCOC[C@@H]3C2)n1. The number of nitrogens with zero attached hydrogens (tertiary/aromatic N) is 5. The number of morpholine rings is 1. The first-order valence-electron chi connectivity index (χ1n) is 14.6. The van der Waals surface area contributed by atoms with E-state index < -0.39 is 27.8 Å². The molecule has 3 N–H and O–H groups in total. The van der Waals surface area contributed by atoms with Crippen molar-refractivity contribution in [3.05, 3.63) is 11.6 Å². The molecule has 2 amide bonds. The molecule has 0 bridgehead atoms. The second-order valence-electron chi connectivity index (χ2n) is 11.1. The number of aromatic nitrogens is 2. The Hall–Kier alpha value is -2.66. The molecule has 0 aromatic carbocycles. The number of hydrogen-bond acceptors (Lipinski definition) is 12. The number of ether oxygens (including phenoxy) is 1. The number of aliphatic hydroxyl groups excluding tert-OH is 1. The Labute approximate surface area is 246 Å². The highest BCUT2D eigenvalue weighted by molar-refractivity contribution is 7.86. The minimum Gasteiger partial charge on any atom is -0.396 e. The highest BCUT2D eigenvalue weighted by atomic mass is 32.2. The summed E-state index contributed by atoms with van der Waals surface area (Å²) in [6.45, 7) is 5.15. The number of amides is 2. The summed E-state index contributed by atoms with van der Waals surface area (Å²) >= 11 is 0. The fourth-order valence-corrected chi connectivity index (χ4v) is 6.81. The monoisotopic (exact) mass is 615 g/mol. The number of carbonyl (C=O) groups is 2. The normalized spacial score (nSPS) is 20.6. The van der Waals surface area contributed by atoms with Gasteiger partial charge in [-0.05, 0) is 32.1 Å². The maximum absolute atomic E-state index is 15.6. The molecule has 236 valence electrons. The summed E-state index contributed by atoms with van der Waals surface area (Å²) in [5.41, 5.74) is 5.10. The first-order chi connectivity index (χ1) is 20.2. The zero-order valence-corrected chi connectivity index (χ0v) is 24.9. The Kier molecular flexibility index (Phi) is 11.7. The number of nitrogens with one attached hydrogen (secondary N) is 2. The van der Waals surface area contributed by atoms with Crippen molar-refractivity contribution in [1.82, 2.24) is 25.4 Å². The van der Waals surface area contributed by atoms with Crippen LogP contribution >= 0.6 is 0 Å². The number of piperazine rings is 1. The fraction of sp³-hybridized carbons (Fsp3) is 0.769. The molecular formula is C26H42FN7O7S. The van der Waals surface area contributed by atoms with Gasteiger partial charge in [-0.2, -0.15) is 12.8 Å². The number of carbonyl (C=O) groups excluding carboxylic acids is 2. The Morgan fingerprint density at radius 2 is 2.05 bits per heavy atom. The first-order valence-corrected chi connectivity index (χ1v) is 16.2. The van der Waals surface area contributed by atoms with E-state index in [1.54, 1.807) is 6.92 Å². The molecule has 3 heterocycles. The standard InChI is InChI=1S/C26H42FN7O7S/c1-19-28-24(23(27)25(29-19)33-9-8-32-10-12-40-17-22(32)16-33)30-31-26(37)21(14-20-6-2-3-7-20)15-34(18-36)41-42(38,39)13-5-4-11-35/h18,20-22,35H,2-17H2,1H3,(H,31,37)(H,28,29,30)/t21-,22-/m0/s1. The van der Waals surface area contributed by atoms with E-state index in [1.165, 1.54) is 0 Å². The molecule has 4 rings (SSSR count). The topological polar surface area (TPSA) is 167 Å². The molecular weight excluding hydrogens is 573 g/mol. The van der Waals surface area contributed by atoms with Crippen LogP contribution in [0.2, 0.25) is 0 Å². The maximum atomic E-state index is 15.6. The van der Waals surface area contributed by atoms with E-state index in [4.69, 9.17) is 14.1 Å². The third kappa shape index (κ3) is 8.92. The number of aliphatic hydroxyl groups is 1. The Bertz CT molecular complexity index is 1170. The molecule has 1 aromatic heterocycles. The molecule has 2 aliphatic heterocycles. The second-order valence-corrected chi connectivity index (χ2v) is 12.8. The average molecular weight is 616 g/mol. The number of aryl methyl sites for hydroxylation is 1. The van der Waals surface area contributed by atoms with Crippen molar-refractivity contribution in [3.8, 4) is 0 Å². The smallest absolute Gasteiger partial charge is 0.288 e. The van der Waals surface area contributed by atoms with Crippen LogP contribution < -0.4 is 15.8 Å². The number of hydrazine groups is 1. The van der Waals surface area contributed by atoms with Crippen molar-refractivity contribution in [2.45, 2.75) is 57.9 Å². The molecule has 2 saturated heterocycles. The highest BCUT2D eigenvalue weighted by Gasteiger charge is 2.33. The third-order valence-corrected chi connectivity index (χ3v) is 9.19. The Morgan fingerprint density at radius 1 is 1.26 bits per heavy atom. The molecule has 14 nitrogen and oxygen atoms in total. The number of anilines is 2. The number of hydrogen-bond donors (Lipinski definition) is 3. The predicted octanol–water partition coefficient (Wildman–Crippen LogP) is 0.577. The van der Waals surface area contributed by atoms with E-state index in [-0.39, 0.29) is 61.8 Å². The van der Waals surface area contributed by atoms with E-state index in [0.29, 0.717) is 43.6 Å². The van der Waals surface area contributed by atoms with Gasteiger partial charge in [0.2, 0.25) is 18.1 Å². The van der Waals surface area contributed by atoms with Crippen LogP contribution in [0.4, 0.5) is 16.0 Å². The predicted molar refractivity (Wildman–Crippen MR) is 151 cm³/mol. The van der Waals surface area contributed by atoms with E-state index in [2.05, 4.69) is 25.7 Å². The lowest BCUT2D eigenvalue weighted by Crippen LogP contribution is -2.58. The van der Waals surface area contributed by atoms with Crippen molar-refractivity contribution in [2.24, 2.45) is 11.8 Å². The number of rotatable bonds is 15. The minimum atomic E-state index is -4.10. The Morgan fingerprint density at radius 3 is 2.79 bits per heavy atom. The summed E-state index contributed by atoms with van der Waals surface area (Å²) in [4.78, 5) is 37.7. The summed E-state index contributed by atoms with van der Waals surface area (Å²) in [6, 6.07) is 0.135. The molecule has 1 aromatic rings. The van der Waals surface area contributed by atoms with Crippen molar-refractivity contribution >= 4 is 34.1 Å². The van der Waals surface area contributed by atoms with E-state index in [1.807, 2.05) is 4.90 Å². The fourth-order valence-electron chi connectivity index (χ4n) is 5.79. The maximum Gasteiger partial charge on any atom is 0.288 e. The number of unbranched alkanes of at least 4 members (excludes halogenated alkanes) is 1. The lowest BCUT2D eigenvalue weighted by Gasteiger charge is -2.44. The summed E-state index contributed by atoms with van der Waals surface area (Å²) in [5, 5.41) is 9.51. The largest absolute Gasteiger partial charge is 0.396 e. The van der Waals surface area contributed by atoms with Crippen molar-refractivity contribution in [1.29, 1.82) is 0 Å². The lowest BCUT2D eigenvalue weighted by molar-refractivity contribution is -0.146. The number of fused-ring (bicyclic) bond motifs is 1. The van der Waals surface area contributed by atoms with Crippen LogP contribution in [0.3, 0.4) is 0 Å². The van der Waals surface area contributed by atoms with Crippen LogP contribution in [0.15, 0.2) is 0 Å². The summed E-state index contributed by atoms with van der Waals surface area (Å²) < 4.78 is 50.8. The van der Waals surface area contributed by atoms with Gasteiger partial charge in [0.1, 0.15) is 5.82 Å². The summed E-state index contributed by atoms with van der Waals surface area (Å²) in [5.74, 6) is -1.98. The van der Waals surface area contributed by atoms with Gasteiger partial charge < -0.3 is 14.7 Å². The zero-order valence-electron chi connectivity index (χ0n) is 24.0. The molecule has 0 radical (unpaired) electrons. The van der Waals surface area contributed by atoms with Gasteiger partial charge in [-0.1, -0.05) is 25.7 Å². The van der Waals surface area contributed by atoms with Crippen molar-refractivity contribution in [3.63, 3.8) is 0 Å². The van der Waals surface area contributed by atoms with Gasteiger partial charge in [0.25, 0.3) is 10.1 Å². The lowest BCUT2D eigenvalue weighted by atomic mass is 9.92. The van der Waals surface area contributed by atoms with Crippen LogP contribution in [-0.4, -0.2) is 110 Å². The minimum absolute atomic E-state index is 0.135. The van der Waals surface area contributed by atoms with Crippen LogP contribution in [0.5, 0.6) is 0 Å². The van der Waals surface area contributed by atoms with Crippen LogP contribution in [0.1, 0.15) is 50.8 Å². The number of hydroxylamine groups is 2. The zero-order chi connectivity index (χ0) is 30.1. The van der Waals surface area contributed by atoms with Gasteiger partial charge >= 0.3 is 0 Å².